The van der Waals surface area contributed by atoms with Crippen molar-refractivity contribution < 1.29 is 22.8 Å². The van der Waals surface area contributed by atoms with Gasteiger partial charge in [-0.1, -0.05) is 12.1 Å². The molecule has 0 aromatic heterocycles. The van der Waals surface area contributed by atoms with E-state index in [1.54, 1.807) is 13.0 Å². The Kier molecular flexibility index (Phi) is 5.48. The highest BCUT2D eigenvalue weighted by atomic mass is 19.4. The maximum absolute atomic E-state index is 12.9. The number of carbonyl (C=O) groups excluding carboxylic acids is 2. The van der Waals surface area contributed by atoms with Crippen LogP contribution in [0, 0.1) is 5.92 Å². The van der Waals surface area contributed by atoms with Crippen molar-refractivity contribution in [1.82, 2.24) is 16.0 Å². The third-order valence-corrected chi connectivity index (χ3v) is 3.95. The van der Waals surface area contributed by atoms with E-state index in [4.69, 9.17) is 0 Å². The van der Waals surface area contributed by atoms with Crippen LogP contribution in [0.3, 0.4) is 0 Å². The van der Waals surface area contributed by atoms with Gasteiger partial charge in [-0.25, -0.2) is 4.79 Å². The molecule has 0 unspecified atom stereocenters. The number of nitrogens with one attached hydrogen (secondary N) is 3. The maximum Gasteiger partial charge on any atom is 0.416 e. The third-order valence-electron chi connectivity index (χ3n) is 3.95. The average molecular weight is 343 g/mol. The van der Waals surface area contributed by atoms with Gasteiger partial charge in [-0.05, 0) is 43.4 Å². The van der Waals surface area contributed by atoms with Gasteiger partial charge in [0.05, 0.1) is 11.6 Å². The number of rotatable bonds is 5. The fourth-order valence-corrected chi connectivity index (χ4v) is 2.47. The van der Waals surface area contributed by atoms with Crippen LogP contribution in [0.15, 0.2) is 24.3 Å². The first kappa shape index (κ1) is 18.3. The number of benzene rings is 1. The minimum atomic E-state index is -4.41. The van der Waals surface area contributed by atoms with Gasteiger partial charge in [0.2, 0.25) is 5.91 Å². The average Bonchev–Trinajstić information content (AvgIpc) is 3.36. The van der Waals surface area contributed by atoms with Crippen LogP contribution in [-0.4, -0.2) is 25.0 Å². The van der Waals surface area contributed by atoms with Gasteiger partial charge in [0.15, 0.2) is 0 Å². The van der Waals surface area contributed by atoms with Gasteiger partial charge >= 0.3 is 12.2 Å². The molecule has 0 heterocycles. The van der Waals surface area contributed by atoms with Gasteiger partial charge < -0.3 is 5.32 Å². The Hall–Kier alpha value is -2.09. The second-order valence-electron chi connectivity index (χ2n) is 5.90. The van der Waals surface area contributed by atoms with Crippen molar-refractivity contribution in [1.29, 1.82) is 0 Å². The highest BCUT2D eigenvalue weighted by molar-refractivity contribution is 5.96. The molecular formula is C16H20F3N3O2. The summed E-state index contributed by atoms with van der Waals surface area (Å²) in [7, 11) is 1.39. The number of amides is 3. The van der Waals surface area contributed by atoms with Gasteiger partial charge in [-0.3, -0.25) is 15.4 Å². The molecule has 2 atom stereocenters. The first-order chi connectivity index (χ1) is 11.2. The molecule has 1 saturated carbocycles. The third kappa shape index (κ3) is 4.70. The van der Waals surface area contributed by atoms with Crippen molar-refractivity contribution in [3.63, 3.8) is 0 Å². The molecule has 24 heavy (non-hydrogen) atoms. The van der Waals surface area contributed by atoms with Gasteiger partial charge in [0.25, 0.3) is 0 Å². The van der Waals surface area contributed by atoms with E-state index >= 15 is 0 Å². The first-order valence-electron chi connectivity index (χ1n) is 7.68. The van der Waals surface area contributed by atoms with E-state index < -0.39 is 29.7 Å². The minimum Gasteiger partial charge on any atom is -0.341 e. The molecule has 2 rings (SSSR count). The van der Waals surface area contributed by atoms with E-state index in [2.05, 4.69) is 16.0 Å². The predicted octanol–water partition coefficient (Wildman–Crippen LogP) is 2.59. The van der Waals surface area contributed by atoms with E-state index in [9.17, 15) is 22.8 Å². The number of imide groups is 1. The van der Waals surface area contributed by atoms with E-state index in [-0.39, 0.29) is 12.0 Å². The van der Waals surface area contributed by atoms with Gasteiger partial charge in [-0.2, -0.15) is 13.2 Å². The molecule has 3 amide bonds. The fourth-order valence-electron chi connectivity index (χ4n) is 2.47. The van der Waals surface area contributed by atoms with Gasteiger partial charge in [0.1, 0.15) is 0 Å². The summed E-state index contributed by atoms with van der Waals surface area (Å²) < 4.78 is 38.7. The number of carbonyl (C=O) groups is 2. The number of hydrogen-bond donors (Lipinski definition) is 3. The zero-order valence-corrected chi connectivity index (χ0v) is 13.4. The SMILES string of the molecule is CNC(=O)NC(=O)[C@H](C)N[C@H](c1cccc(C(F)(F)F)c1)C1CC1. The summed E-state index contributed by atoms with van der Waals surface area (Å²) in [5.74, 6) is -0.351. The van der Waals surface area contributed by atoms with Gasteiger partial charge in [0, 0.05) is 13.1 Å². The Morgan fingerprint density at radius 2 is 1.92 bits per heavy atom. The Labute approximate surface area is 138 Å². The molecule has 1 aromatic rings. The van der Waals surface area contributed by atoms with Crippen molar-refractivity contribution in [3.05, 3.63) is 35.4 Å². The first-order valence-corrected chi connectivity index (χ1v) is 7.68. The number of halogens is 3. The summed E-state index contributed by atoms with van der Waals surface area (Å²) in [6.45, 7) is 1.57. The summed E-state index contributed by atoms with van der Waals surface area (Å²) in [5.41, 5.74) is -0.221. The van der Waals surface area contributed by atoms with Crippen molar-refractivity contribution in [2.45, 2.75) is 38.0 Å². The Morgan fingerprint density at radius 1 is 1.25 bits per heavy atom. The molecule has 0 saturated heterocycles. The highest BCUT2D eigenvalue weighted by Crippen LogP contribution is 2.42. The molecule has 8 heteroatoms. The molecule has 3 N–H and O–H groups in total. The number of hydrogen-bond acceptors (Lipinski definition) is 3. The molecule has 5 nitrogen and oxygen atoms in total. The van der Waals surface area contributed by atoms with E-state index in [1.165, 1.54) is 13.1 Å². The summed E-state index contributed by atoms with van der Waals surface area (Å²) in [6, 6.07) is 3.41. The van der Waals surface area contributed by atoms with Crippen molar-refractivity contribution in [2.24, 2.45) is 5.92 Å². The maximum atomic E-state index is 12.9. The Morgan fingerprint density at radius 3 is 2.46 bits per heavy atom. The molecule has 1 aliphatic carbocycles. The van der Waals surface area contributed by atoms with Crippen molar-refractivity contribution in [2.75, 3.05) is 7.05 Å². The second kappa shape index (κ2) is 7.21. The van der Waals surface area contributed by atoms with Crippen molar-refractivity contribution >= 4 is 11.9 Å². The molecule has 132 valence electrons. The summed E-state index contributed by atoms with van der Waals surface area (Å²) >= 11 is 0. The van der Waals surface area contributed by atoms with E-state index in [0.717, 1.165) is 25.0 Å². The van der Waals surface area contributed by atoms with E-state index in [1.807, 2.05) is 0 Å². The Balaban J connectivity index is 2.13. The number of urea groups is 1. The largest absolute Gasteiger partial charge is 0.416 e. The minimum absolute atomic E-state index is 0.184. The van der Waals surface area contributed by atoms with Crippen LogP contribution in [0.2, 0.25) is 0 Å². The van der Waals surface area contributed by atoms with Crippen LogP contribution in [0.1, 0.15) is 36.9 Å². The topological polar surface area (TPSA) is 70.2 Å². The number of alkyl halides is 3. The molecular weight excluding hydrogens is 323 g/mol. The highest BCUT2D eigenvalue weighted by Gasteiger charge is 2.36. The molecule has 0 bridgehead atoms. The standard InChI is InChI=1S/C16H20F3N3O2/c1-9(14(23)22-15(24)20-2)21-13(10-6-7-10)11-4-3-5-12(8-11)16(17,18)19/h3-5,8-10,13,21H,6-7H2,1-2H3,(H2,20,22,23,24)/t9-,13-/m0/s1. The lowest BCUT2D eigenvalue weighted by Crippen LogP contribution is -2.48. The summed E-state index contributed by atoms with van der Waals surface area (Å²) in [6.07, 6.45) is -2.64. The summed E-state index contributed by atoms with van der Waals surface area (Å²) in [5, 5.41) is 7.46. The van der Waals surface area contributed by atoms with Crippen LogP contribution >= 0.6 is 0 Å². The quantitative estimate of drug-likeness (QED) is 0.770. The lowest BCUT2D eigenvalue weighted by atomic mass is 9.99. The molecule has 1 aliphatic rings. The molecule has 1 fully saturated rings. The van der Waals surface area contributed by atoms with Crippen LogP contribution in [0.4, 0.5) is 18.0 Å². The van der Waals surface area contributed by atoms with Gasteiger partial charge in [-0.15, -0.1) is 0 Å². The van der Waals surface area contributed by atoms with Crippen molar-refractivity contribution in [3.8, 4) is 0 Å². The second-order valence-corrected chi connectivity index (χ2v) is 5.90. The molecule has 0 aliphatic heterocycles. The molecule has 0 spiro atoms. The summed E-state index contributed by atoms with van der Waals surface area (Å²) in [4.78, 5) is 23.1. The predicted molar refractivity (Wildman–Crippen MR) is 82.1 cm³/mol. The normalized spacial score (nSPS) is 17.0. The Bertz CT molecular complexity index is 615. The fraction of sp³-hybridized carbons (Fsp3) is 0.500. The molecule has 1 aromatic carbocycles. The zero-order chi connectivity index (χ0) is 17.9. The zero-order valence-electron chi connectivity index (χ0n) is 13.4. The monoisotopic (exact) mass is 343 g/mol. The van der Waals surface area contributed by atoms with E-state index in [0.29, 0.717) is 5.56 Å². The van der Waals surface area contributed by atoms with Crippen LogP contribution in [-0.2, 0) is 11.0 Å². The lowest BCUT2D eigenvalue weighted by molar-refractivity contribution is -0.137. The van der Waals surface area contributed by atoms with Crippen LogP contribution in [0.25, 0.3) is 0 Å². The van der Waals surface area contributed by atoms with Crippen LogP contribution in [0.5, 0.6) is 0 Å². The van der Waals surface area contributed by atoms with Crippen LogP contribution < -0.4 is 16.0 Å². The lowest BCUT2D eigenvalue weighted by Gasteiger charge is -2.24. The molecule has 0 radical (unpaired) electrons. The smallest absolute Gasteiger partial charge is 0.341 e.